The van der Waals surface area contributed by atoms with Crippen molar-refractivity contribution in [1.29, 1.82) is 0 Å². The van der Waals surface area contributed by atoms with E-state index in [9.17, 15) is 14.7 Å². The van der Waals surface area contributed by atoms with Gasteiger partial charge in [0.05, 0.1) is 13.2 Å². The van der Waals surface area contributed by atoms with Gasteiger partial charge in [0.1, 0.15) is 23.1 Å². The molecule has 2 atom stereocenters. The van der Waals surface area contributed by atoms with Gasteiger partial charge in [0, 0.05) is 0 Å². The van der Waals surface area contributed by atoms with Gasteiger partial charge in [0.2, 0.25) is 0 Å². The molecule has 1 aromatic rings. The Balaban J connectivity index is 3.40. The van der Waals surface area contributed by atoms with Crippen molar-refractivity contribution in [3.63, 3.8) is 0 Å². The Morgan fingerprint density at radius 1 is 1.24 bits per heavy atom. The molecule has 0 aliphatic heterocycles. The second-order valence-electron chi connectivity index (χ2n) is 4.47. The fourth-order valence-electron chi connectivity index (χ4n) is 1.63. The third-order valence-corrected chi connectivity index (χ3v) is 2.93. The van der Waals surface area contributed by atoms with E-state index in [1.165, 1.54) is 26.2 Å². The first kappa shape index (κ1) is 16.6. The summed E-state index contributed by atoms with van der Waals surface area (Å²) in [5.74, 6) is -3.70. The maximum Gasteiger partial charge on any atom is 0.351 e. The number of hydrogen-bond acceptors (Lipinski definition) is 5. The van der Waals surface area contributed by atoms with Crippen LogP contribution in [0.5, 0.6) is 5.75 Å². The zero-order valence-corrected chi connectivity index (χ0v) is 11.9. The Labute approximate surface area is 121 Å². The Morgan fingerprint density at radius 3 is 2.29 bits per heavy atom. The predicted octanol–water partition coefficient (Wildman–Crippen LogP) is 1.63. The number of hydrogen-bond donors (Lipinski definition) is 3. The van der Waals surface area contributed by atoms with Gasteiger partial charge in [0.25, 0.3) is 0 Å². The Morgan fingerprint density at radius 2 is 1.86 bits per heavy atom. The molecule has 0 spiro atoms. The normalized spacial score (nSPS) is 14.4. The highest BCUT2D eigenvalue weighted by Crippen LogP contribution is 2.31. The highest BCUT2D eigenvalue weighted by Gasteiger charge is 2.25. The van der Waals surface area contributed by atoms with Crippen LogP contribution >= 0.6 is 0 Å². The number of aliphatic hydroxyl groups is 1. The maximum atomic E-state index is 11.2. The molecule has 7 heteroatoms. The number of rotatable bonds is 6. The van der Waals surface area contributed by atoms with Crippen LogP contribution in [-0.2, 0) is 9.59 Å². The van der Waals surface area contributed by atoms with Crippen LogP contribution in [0.1, 0.15) is 25.5 Å². The SMILES string of the molecule is COc1ccc(C(C)O)cc1N=C(C(=O)O)C(C)C(=O)O. The minimum absolute atomic E-state index is 0.154. The fraction of sp³-hybridized carbons (Fsp3) is 0.357. The number of ether oxygens (including phenoxy) is 1. The molecule has 1 aromatic carbocycles. The van der Waals surface area contributed by atoms with E-state index >= 15 is 0 Å². The number of aliphatic imine (C=N–C) groups is 1. The quantitative estimate of drug-likeness (QED) is 0.687. The largest absolute Gasteiger partial charge is 0.494 e. The molecule has 21 heavy (non-hydrogen) atoms. The standard InChI is InChI=1S/C14H17NO6/c1-7(13(17)18)12(14(19)20)15-10-6-9(8(2)16)4-5-11(10)21-3/h4-8,16H,1-3H3,(H,17,18)(H,19,20). The van der Waals surface area contributed by atoms with E-state index in [1.54, 1.807) is 13.0 Å². The van der Waals surface area contributed by atoms with Crippen molar-refractivity contribution in [3.8, 4) is 5.75 Å². The second kappa shape index (κ2) is 6.85. The van der Waals surface area contributed by atoms with E-state index in [-0.39, 0.29) is 11.4 Å². The summed E-state index contributed by atoms with van der Waals surface area (Å²) in [6, 6.07) is 4.61. The van der Waals surface area contributed by atoms with Gasteiger partial charge >= 0.3 is 11.9 Å². The molecule has 0 amide bonds. The number of carboxylic acid groups (broad SMARTS) is 2. The molecular weight excluding hydrogens is 278 g/mol. The fourth-order valence-corrected chi connectivity index (χ4v) is 1.63. The summed E-state index contributed by atoms with van der Waals surface area (Å²) < 4.78 is 5.07. The number of aliphatic hydroxyl groups excluding tert-OH is 1. The van der Waals surface area contributed by atoms with Crippen molar-refractivity contribution < 1.29 is 29.6 Å². The van der Waals surface area contributed by atoms with Crippen molar-refractivity contribution in [2.45, 2.75) is 20.0 Å². The molecule has 0 aliphatic rings. The molecule has 0 bridgehead atoms. The molecule has 0 saturated carbocycles. The summed E-state index contributed by atoms with van der Waals surface area (Å²) in [6.07, 6.45) is -0.768. The van der Waals surface area contributed by atoms with E-state index < -0.39 is 29.7 Å². The average molecular weight is 295 g/mol. The van der Waals surface area contributed by atoms with E-state index in [0.717, 1.165) is 0 Å². The molecule has 0 aromatic heterocycles. The van der Waals surface area contributed by atoms with Crippen molar-refractivity contribution in [1.82, 2.24) is 0 Å². The van der Waals surface area contributed by atoms with Gasteiger partial charge in [-0.2, -0.15) is 0 Å². The zero-order valence-electron chi connectivity index (χ0n) is 11.9. The molecule has 0 saturated heterocycles. The monoisotopic (exact) mass is 295 g/mol. The van der Waals surface area contributed by atoms with E-state index in [4.69, 9.17) is 14.9 Å². The molecule has 0 radical (unpaired) electrons. The number of carboxylic acids is 2. The summed E-state index contributed by atoms with van der Waals surface area (Å²) >= 11 is 0. The van der Waals surface area contributed by atoms with Crippen LogP contribution in [0.2, 0.25) is 0 Å². The first-order valence-corrected chi connectivity index (χ1v) is 6.18. The summed E-state index contributed by atoms with van der Waals surface area (Å²) in [4.78, 5) is 26.0. The van der Waals surface area contributed by atoms with Gasteiger partial charge in [-0.15, -0.1) is 0 Å². The first-order chi connectivity index (χ1) is 9.77. The van der Waals surface area contributed by atoms with E-state index in [1.807, 2.05) is 0 Å². The summed E-state index contributed by atoms with van der Waals surface area (Å²) in [7, 11) is 1.39. The predicted molar refractivity (Wildman–Crippen MR) is 75.2 cm³/mol. The first-order valence-electron chi connectivity index (χ1n) is 6.18. The molecule has 0 aliphatic carbocycles. The van der Waals surface area contributed by atoms with Crippen LogP contribution < -0.4 is 4.74 Å². The Bertz CT molecular complexity index is 579. The molecule has 0 fully saturated rings. The molecule has 114 valence electrons. The molecule has 1 rings (SSSR count). The average Bonchev–Trinajstić information content (AvgIpc) is 2.43. The minimum atomic E-state index is -1.42. The van der Waals surface area contributed by atoms with E-state index in [2.05, 4.69) is 4.99 Å². The van der Waals surface area contributed by atoms with Crippen LogP contribution in [0.25, 0.3) is 0 Å². The van der Waals surface area contributed by atoms with Crippen LogP contribution in [0.4, 0.5) is 5.69 Å². The van der Waals surface area contributed by atoms with Gasteiger partial charge in [0.15, 0.2) is 0 Å². The van der Waals surface area contributed by atoms with Crippen molar-refractivity contribution in [2.24, 2.45) is 10.9 Å². The van der Waals surface area contributed by atoms with Crippen molar-refractivity contribution in [2.75, 3.05) is 7.11 Å². The lowest BCUT2D eigenvalue weighted by Gasteiger charge is -2.11. The molecule has 0 heterocycles. The van der Waals surface area contributed by atoms with Crippen LogP contribution in [0.3, 0.4) is 0 Å². The van der Waals surface area contributed by atoms with E-state index in [0.29, 0.717) is 5.56 Å². The molecule has 7 nitrogen and oxygen atoms in total. The van der Waals surface area contributed by atoms with Gasteiger partial charge < -0.3 is 20.1 Å². The maximum absolute atomic E-state index is 11.2. The smallest absolute Gasteiger partial charge is 0.351 e. The number of methoxy groups -OCH3 is 1. The zero-order chi connectivity index (χ0) is 16.2. The minimum Gasteiger partial charge on any atom is -0.494 e. The highest BCUT2D eigenvalue weighted by molar-refractivity contribution is 6.40. The van der Waals surface area contributed by atoms with Crippen molar-refractivity contribution in [3.05, 3.63) is 23.8 Å². The molecular formula is C14H17NO6. The third kappa shape index (κ3) is 4.03. The van der Waals surface area contributed by atoms with Gasteiger partial charge in [-0.3, -0.25) is 4.79 Å². The summed E-state index contributed by atoms with van der Waals surface area (Å²) in [5, 5.41) is 27.6. The lowest BCUT2D eigenvalue weighted by atomic mass is 10.1. The topological polar surface area (TPSA) is 116 Å². The Kier molecular flexibility index (Phi) is 5.43. The second-order valence-corrected chi connectivity index (χ2v) is 4.47. The van der Waals surface area contributed by atoms with Gasteiger partial charge in [-0.1, -0.05) is 6.07 Å². The lowest BCUT2D eigenvalue weighted by Crippen LogP contribution is -2.27. The summed E-state index contributed by atoms with van der Waals surface area (Å²) in [5.41, 5.74) is 0.159. The third-order valence-electron chi connectivity index (χ3n) is 2.93. The molecule has 2 unspecified atom stereocenters. The molecule has 3 N–H and O–H groups in total. The van der Waals surface area contributed by atoms with Crippen LogP contribution in [0, 0.1) is 5.92 Å². The lowest BCUT2D eigenvalue weighted by molar-refractivity contribution is -0.140. The van der Waals surface area contributed by atoms with Crippen molar-refractivity contribution >= 4 is 23.3 Å². The number of benzene rings is 1. The highest BCUT2D eigenvalue weighted by atomic mass is 16.5. The summed E-state index contributed by atoms with van der Waals surface area (Å²) in [6.45, 7) is 2.79. The number of nitrogens with zero attached hydrogens (tertiary/aromatic N) is 1. The number of carbonyl (C=O) groups is 2. The van der Waals surface area contributed by atoms with Gasteiger partial charge in [-0.25, -0.2) is 9.79 Å². The van der Waals surface area contributed by atoms with Crippen LogP contribution in [0.15, 0.2) is 23.2 Å². The van der Waals surface area contributed by atoms with Gasteiger partial charge in [-0.05, 0) is 31.5 Å². The Hall–Kier alpha value is -2.41. The number of aliphatic carboxylic acids is 2. The van der Waals surface area contributed by atoms with Crippen LogP contribution in [-0.4, -0.2) is 40.1 Å².